The molecule has 4 nitrogen and oxygen atoms in total. The summed E-state index contributed by atoms with van der Waals surface area (Å²) in [7, 11) is 0. The van der Waals surface area contributed by atoms with Crippen LogP contribution in [-0.2, 0) is 0 Å². The standard InChI is InChI=1S/C14H18N2O2/c1-2-7-16(8-9-17)11-14(18)13-5-3-12(10-15)4-6-13/h3-6,17H,2,7-9,11H2,1H3. The molecule has 0 saturated heterocycles. The van der Waals surface area contributed by atoms with E-state index in [-0.39, 0.29) is 12.4 Å². The van der Waals surface area contributed by atoms with Crippen molar-refractivity contribution in [2.24, 2.45) is 0 Å². The lowest BCUT2D eigenvalue weighted by molar-refractivity contribution is 0.0915. The van der Waals surface area contributed by atoms with Crippen LogP contribution in [-0.4, -0.2) is 42.0 Å². The fraction of sp³-hybridized carbons (Fsp3) is 0.429. The van der Waals surface area contributed by atoms with Crippen molar-refractivity contribution in [3.8, 4) is 6.07 Å². The van der Waals surface area contributed by atoms with Gasteiger partial charge in [0.15, 0.2) is 5.78 Å². The Bertz CT molecular complexity index is 414. The van der Waals surface area contributed by atoms with Gasteiger partial charge in [-0.15, -0.1) is 0 Å². The minimum atomic E-state index is 0.0152. The van der Waals surface area contributed by atoms with Gasteiger partial charge >= 0.3 is 0 Å². The van der Waals surface area contributed by atoms with Crippen molar-refractivity contribution in [3.05, 3.63) is 35.4 Å². The molecule has 1 rings (SSSR count). The number of ketones is 1. The van der Waals surface area contributed by atoms with Crippen LogP contribution < -0.4 is 0 Å². The molecule has 0 radical (unpaired) electrons. The first-order chi connectivity index (χ1) is 8.71. The van der Waals surface area contributed by atoms with E-state index in [2.05, 4.69) is 0 Å². The first kappa shape index (κ1) is 14.4. The van der Waals surface area contributed by atoms with Crippen LogP contribution in [0.3, 0.4) is 0 Å². The van der Waals surface area contributed by atoms with Crippen molar-refractivity contribution in [2.75, 3.05) is 26.2 Å². The van der Waals surface area contributed by atoms with Crippen LogP contribution in [0.25, 0.3) is 0 Å². The number of nitrogens with zero attached hydrogens (tertiary/aromatic N) is 2. The van der Waals surface area contributed by atoms with E-state index in [4.69, 9.17) is 10.4 Å². The monoisotopic (exact) mass is 246 g/mol. The maximum atomic E-state index is 12.0. The molecule has 0 aliphatic carbocycles. The number of nitriles is 1. The van der Waals surface area contributed by atoms with Gasteiger partial charge < -0.3 is 5.11 Å². The summed E-state index contributed by atoms with van der Waals surface area (Å²) >= 11 is 0. The third-order valence-corrected chi connectivity index (χ3v) is 2.66. The highest BCUT2D eigenvalue weighted by Crippen LogP contribution is 2.05. The van der Waals surface area contributed by atoms with Crippen molar-refractivity contribution in [3.63, 3.8) is 0 Å². The summed E-state index contributed by atoms with van der Waals surface area (Å²) in [4.78, 5) is 13.9. The molecule has 0 aliphatic rings. The lowest BCUT2D eigenvalue weighted by Gasteiger charge is -2.19. The van der Waals surface area contributed by atoms with Crippen molar-refractivity contribution >= 4 is 5.78 Å². The third-order valence-electron chi connectivity index (χ3n) is 2.66. The summed E-state index contributed by atoms with van der Waals surface area (Å²) in [5.41, 5.74) is 1.15. The van der Waals surface area contributed by atoms with Gasteiger partial charge in [-0.1, -0.05) is 19.1 Å². The van der Waals surface area contributed by atoms with Gasteiger partial charge in [-0.25, -0.2) is 0 Å². The molecular formula is C14H18N2O2. The highest BCUT2D eigenvalue weighted by Gasteiger charge is 2.11. The number of benzene rings is 1. The SMILES string of the molecule is CCCN(CCO)CC(=O)c1ccc(C#N)cc1. The molecule has 0 amide bonds. The topological polar surface area (TPSA) is 64.3 Å². The van der Waals surface area contributed by atoms with Crippen LogP contribution >= 0.6 is 0 Å². The number of aliphatic hydroxyl groups excluding tert-OH is 1. The van der Waals surface area contributed by atoms with E-state index in [9.17, 15) is 4.79 Å². The van der Waals surface area contributed by atoms with Crippen LogP contribution in [0, 0.1) is 11.3 Å². The second kappa shape index (κ2) is 7.59. The third kappa shape index (κ3) is 4.28. The normalized spacial score (nSPS) is 10.3. The molecule has 0 heterocycles. The smallest absolute Gasteiger partial charge is 0.176 e. The molecule has 0 bridgehead atoms. The van der Waals surface area contributed by atoms with Gasteiger partial charge in [-0.2, -0.15) is 5.26 Å². The summed E-state index contributed by atoms with van der Waals surface area (Å²) in [6, 6.07) is 8.65. The van der Waals surface area contributed by atoms with E-state index < -0.39 is 0 Å². The van der Waals surface area contributed by atoms with Crippen molar-refractivity contribution in [1.29, 1.82) is 5.26 Å². The minimum absolute atomic E-state index is 0.0152. The Hall–Kier alpha value is -1.70. The summed E-state index contributed by atoms with van der Waals surface area (Å²) in [5, 5.41) is 17.6. The number of carbonyl (C=O) groups is 1. The van der Waals surface area contributed by atoms with E-state index in [0.29, 0.717) is 24.2 Å². The predicted molar refractivity (Wildman–Crippen MR) is 69.3 cm³/mol. The molecule has 4 heteroatoms. The molecule has 0 aromatic heterocycles. The number of hydrogen-bond acceptors (Lipinski definition) is 4. The Morgan fingerprint density at radius 3 is 2.50 bits per heavy atom. The summed E-state index contributed by atoms with van der Waals surface area (Å²) in [5.74, 6) is 0.0152. The first-order valence-electron chi connectivity index (χ1n) is 6.07. The molecular weight excluding hydrogens is 228 g/mol. The molecule has 0 fully saturated rings. The maximum Gasteiger partial charge on any atom is 0.176 e. The van der Waals surface area contributed by atoms with Gasteiger partial charge in [0.05, 0.1) is 24.8 Å². The Morgan fingerprint density at radius 2 is 2.00 bits per heavy atom. The number of aliphatic hydroxyl groups is 1. The Labute approximate surface area is 107 Å². The molecule has 1 N–H and O–H groups in total. The zero-order valence-electron chi connectivity index (χ0n) is 10.6. The fourth-order valence-electron chi connectivity index (χ4n) is 1.75. The minimum Gasteiger partial charge on any atom is -0.395 e. The lowest BCUT2D eigenvalue weighted by Crippen LogP contribution is -2.33. The van der Waals surface area contributed by atoms with Gasteiger partial charge in [-0.3, -0.25) is 9.69 Å². The van der Waals surface area contributed by atoms with E-state index in [0.717, 1.165) is 13.0 Å². The van der Waals surface area contributed by atoms with Gasteiger partial charge in [0.25, 0.3) is 0 Å². The number of rotatable bonds is 7. The predicted octanol–water partition coefficient (Wildman–Crippen LogP) is 1.45. The van der Waals surface area contributed by atoms with Crippen LogP contribution in [0.4, 0.5) is 0 Å². The number of hydrogen-bond donors (Lipinski definition) is 1. The maximum absolute atomic E-state index is 12.0. The Kier molecular flexibility index (Phi) is 6.06. The van der Waals surface area contributed by atoms with Crippen LogP contribution in [0.2, 0.25) is 0 Å². The van der Waals surface area contributed by atoms with E-state index in [1.54, 1.807) is 24.3 Å². The van der Waals surface area contributed by atoms with E-state index in [1.807, 2.05) is 17.9 Å². The number of carbonyl (C=O) groups excluding carboxylic acids is 1. The van der Waals surface area contributed by atoms with E-state index >= 15 is 0 Å². The first-order valence-corrected chi connectivity index (χ1v) is 6.07. The highest BCUT2D eigenvalue weighted by atomic mass is 16.3. The molecule has 0 spiro atoms. The Morgan fingerprint density at radius 1 is 1.33 bits per heavy atom. The van der Waals surface area contributed by atoms with Gasteiger partial charge in [0.1, 0.15) is 0 Å². The van der Waals surface area contributed by atoms with Gasteiger partial charge in [0, 0.05) is 12.1 Å². The van der Waals surface area contributed by atoms with Crippen molar-refractivity contribution in [1.82, 2.24) is 4.90 Å². The zero-order chi connectivity index (χ0) is 13.4. The summed E-state index contributed by atoms with van der Waals surface area (Å²) < 4.78 is 0. The average molecular weight is 246 g/mol. The average Bonchev–Trinajstić information content (AvgIpc) is 2.39. The van der Waals surface area contributed by atoms with Crippen LogP contribution in [0.1, 0.15) is 29.3 Å². The molecule has 1 aromatic rings. The lowest BCUT2D eigenvalue weighted by atomic mass is 10.1. The summed E-state index contributed by atoms with van der Waals surface area (Å²) in [6.07, 6.45) is 0.945. The molecule has 1 aromatic carbocycles. The van der Waals surface area contributed by atoms with Gasteiger partial charge in [-0.05, 0) is 25.1 Å². The van der Waals surface area contributed by atoms with Crippen molar-refractivity contribution < 1.29 is 9.90 Å². The fourth-order valence-corrected chi connectivity index (χ4v) is 1.75. The largest absolute Gasteiger partial charge is 0.395 e. The van der Waals surface area contributed by atoms with E-state index in [1.165, 1.54) is 0 Å². The van der Waals surface area contributed by atoms with Crippen molar-refractivity contribution in [2.45, 2.75) is 13.3 Å². The molecule has 0 aliphatic heterocycles. The summed E-state index contributed by atoms with van der Waals surface area (Å²) in [6.45, 7) is 3.70. The molecule has 18 heavy (non-hydrogen) atoms. The number of Topliss-reactive ketones (excluding diaryl/α,β-unsaturated/α-hetero) is 1. The quantitative estimate of drug-likeness (QED) is 0.739. The molecule has 0 atom stereocenters. The molecule has 0 saturated carbocycles. The van der Waals surface area contributed by atoms with Crippen LogP contribution in [0.5, 0.6) is 0 Å². The highest BCUT2D eigenvalue weighted by molar-refractivity contribution is 5.97. The van der Waals surface area contributed by atoms with Crippen LogP contribution in [0.15, 0.2) is 24.3 Å². The van der Waals surface area contributed by atoms with Gasteiger partial charge in [0.2, 0.25) is 0 Å². The molecule has 0 unspecified atom stereocenters. The zero-order valence-corrected chi connectivity index (χ0v) is 10.6. The second-order valence-corrected chi connectivity index (χ2v) is 4.11. The Balaban J connectivity index is 2.65. The second-order valence-electron chi connectivity index (χ2n) is 4.11. The molecule has 96 valence electrons.